The van der Waals surface area contributed by atoms with Crippen molar-refractivity contribution < 1.29 is 27.5 Å². The smallest absolute Gasteiger partial charge is 0.417 e. The van der Waals surface area contributed by atoms with E-state index in [1.807, 2.05) is 6.07 Å². The molecule has 208 valence electrons. The molecule has 13 heteroatoms. The number of alkyl halides is 3. The van der Waals surface area contributed by atoms with Crippen molar-refractivity contribution in [2.24, 2.45) is 0 Å². The minimum atomic E-state index is -4.66. The zero-order valence-electron chi connectivity index (χ0n) is 20.9. The number of ether oxygens (including phenoxy) is 1. The van der Waals surface area contributed by atoms with Crippen molar-refractivity contribution in [3.8, 4) is 17.6 Å². The van der Waals surface area contributed by atoms with Crippen molar-refractivity contribution in [2.45, 2.75) is 12.7 Å². The largest absolute Gasteiger partial charge is 0.457 e. The molecule has 0 spiro atoms. The number of aromatic nitrogens is 1. The number of nitriles is 1. The third-order valence-electron chi connectivity index (χ3n) is 5.42. The van der Waals surface area contributed by atoms with Crippen molar-refractivity contribution in [1.29, 1.82) is 5.26 Å². The summed E-state index contributed by atoms with van der Waals surface area (Å²) in [5.74, 6) is 0.233. The number of carbonyl (C=O) groups excluding carboxylic acids is 2. The standard InChI is InChI=1S/C28H20ClF3N6O3/c29-24-10-7-20(13-23(24)28(30,31)32)37-27(40)36-19-5-8-21(9-6-19)41-22-11-12-34-25(14-22)26(39)38-35-16-18-3-1-17(15-33)2-4-18/h1-14,35H,16H2,(H,38,39)(H2,36,37,40). The second-order valence-electron chi connectivity index (χ2n) is 8.39. The number of anilines is 2. The second kappa shape index (κ2) is 12.8. The van der Waals surface area contributed by atoms with E-state index in [1.54, 1.807) is 42.5 Å². The fourth-order valence-electron chi connectivity index (χ4n) is 3.44. The monoisotopic (exact) mass is 580 g/mol. The molecule has 1 heterocycles. The normalized spacial score (nSPS) is 10.8. The highest BCUT2D eigenvalue weighted by Crippen LogP contribution is 2.36. The summed E-state index contributed by atoms with van der Waals surface area (Å²) in [5.41, 5.74) is 6.05. The van der Waals surface area contributed by atoms with Gasteiger partial charge in [-0.3, -0.25) is 15.2 Å². The average Bonchev–Trinajstić information content (AvgIpc) is 2.95. The third-order valence-corrected chi connectivity index (χ3v) is 5.75. The molecule has 0 fully saturated rings. The van der Waals surface area contributed by atoms with Crippen molar-refractivity contribution >= 4 is 34.9 Å². The van der Waals surface area contributed by atoms with Crippen LogP contribution in [-0.4, -0.2) is 16.9 Å². The lowest BCUT2D eigenvalue weighted by Gasteiger charge is -2.13. The van der Waals surface area contributed by atoms with Crippen LogP contribution in [0.3, 0.4) is 0 Å². The van der Waals surface area contributed by atoms with Gasteiger partial charge in [-0.15, -0.1) is 0 Å². The lowest BCUT2D eigenvalue weighted by Crippen LogP contribution is -2.37. The first kappa shape index (κ1) is 28.9. The number of pyridine rings is 1. The summed E-state index contributed by atoms with van der Waals surface area (Å²) < 4.78 is 44.9. The van der Waals surface area contributed by atoms with Crippen LogP contribution >= 0.6 is 11.6 Å². The van der Waals surface area contributed by atoms with Crippen LogP contribution in [0.15, 0.2) is 85.1 Å². The molecule has 0 saturated carbocycles. The second-order valence-corrected chi connectivity index (χ2v) is 8.80. The topological polar surface area (TPSA) is 128 Å². The Labute approximate surface area is 236 Å². The predicted molar refractivity (Wildman–Crippen MR) is 145 cm³/mol. The van der Waals surface area contributed by atoms with E-state index in [-0.39, 0.29) is 11.4 Å². The number of nitrogens with zero attached hydrogens (tertiary/aromatic N) is 2. The van der Waals surface area contributed by atoms with E-state index < -0.39 is 28.7 Å². The van der Waals surface area contributed by atoms with Crippen LogP contribution in [0.5, 0.6) is 11.5 Å². The van der Waals surface area contributed by atoms with Gasteiger partial charge in [0.25, 0.3) is 5.91 Å². The minimum Gasteiger partial charge on any atom is -0.457 e. The van der Waals surface area contributed by atoms with E-state index in [1.165, 1.54) is 30.5 Å². The number of hydrazine groups is 1. The van der Waals surface area contributed by atoms with Crippen LogP contribution in [0, 0.1) is 11.3 Å². The van der Waals surface area contributed by atoms with Gasteiger partial charge in [-0.2, -0.15) is 18.4 Å². The molecule has 4 N–H and O–H groups in total. The maximum Gasteiger partial charge on any atom is 0.417 e. The third kappa shape index (κ3) is 8.18. The fraction of sp³-hybridized carbons (Fsp3) is 0.0714. The molecule has 3 amide bonds. The number of carbonyl (C=O) groups is 2. The number of nitrogens with one attached hydrogen (secondary N) is 4. The Bertz CT molecular complexity index is 1590. The van der Waals surface area contributed by atoms with Crippen LogP contribution in [0.2, 0.25) is 5.02 Å². The number of halogens is 4. The number of rotatable bonds is 8. The van der Waals surface area contributed by atoms with Gasteiger partial charge in [0, 0.05) is 30.2 Å². The number of hydrogen-bond donors (Lipinski definition) is 4. The van der Waals surface area contributed by atoms with Gasteiger partial charge in [-0.1, -0.05) is 23.7 Å². The zero-order valence-corrected chi connectivity index (χ0v) is 21.7. The first-order valence-corrected chi connectivity index (χ1v) is 12.2. The Kier molecular flexibility index (Phi) is 9.03. The molecule has 0 saturated heterocycles. The van der Waals surface area contributed by atoms with Gasteiger partial charge in [0.2, 0.25) is 0 Å². The van der Waals surface area contributed by atoms with E-state index in [0.29, 0.717) is 29.3 Å². The molecule has 0 aliphatic heterocycles. The number of amides is 3. The van der Waals surface area contributed by atoms with E-state index >= 15 is 0 Å². The molecule has 4 aromatic rings. The van der Waals surface area contributed by atoms with Gasteiger partial charge >= 0.3 is 12.2 Å². The van der Waals surface area contributed by atoms with Gasteiger partial charge in [-0.05, 0) is 66.2 Å². The lowest BCUT2D eigenvalue weighted by atomic mass is 10.1. The quantitative estimate of drug-likeness (QED) is 0.176. The Morgan fingerprint density at radius 1 is 0.902 bits per heavy atom. The van der Waals surface area contributed by atoms with Crippen LogP contribution in [0.4, 0.5) is 29.3 Å². The van der Waals surface area contributed by atoms with Crippen molar-refractivity contribution in [2.75, 3.05) is 10.6 Å². The van der Waals surface area contributed by atoms with E-state index in [0.717, 1.165) is 17.7 Å². The fourth-order valence-corrected chi connectivity index (χ4v) is 3.67. The molecule has 4 rings (SSSR count). The van der Waals surface area contributed by atoms with Crippen LogP contribution < -0.4 is 26.2 Å². The zero-order chi connectivity index (χ0) is 29.4. The molecule has 1 aromatic heterocycles. The van der Waals surface area contributed by atoms with Gasteiger partial charge in [-0.25, -0.2) is 10.2 Å². The summed E-state index contributed by atoms with van der Waals surface area (Å²) >= 11 is 5.60. The van der Waals surface area contributed by atoms with Crippen molar-refractivity contribution in [3.05, 3.63) is 112 Å². The molecule has 0 bridgehead atoms. The molecule has 0 atom stereocenters. The minimum absolute atomic E-state index is 0.0823. The van der Waals surface area contributed by atoms with E-state index in [2.05, 4.69) is 26.5 Å². The molecule has 9 nitrogen and oxygen atoms in total. The summed E-state index contributed by atoms with van der Waals surface area (Å²) in [4.78, 5) is 28.8. The molecule has 3 aromatic carbocycles. The van der Waals surface area contributed by atoms with Crippen molar-refractivity contribution in [3.63, 3.8) is 0 Å². The lowest BCUT2D eigenvalue weighted by molar-refractivity contribution is -0.137. The number of hydrogen-bond acceptors (Lipinski definition) is 6. The Hall–Kier alpha value is -5.12. The van der Waals surface area contributed by atoms with Crippen LogP contribution in [0.1, 0.15) is 27.2 Å². The summed E-state index contributed by atoms with van der Waals surface area (Å²) in [6.45, 7) is 0.334. The number of urea groups is 1. The average molecular weight is 581 g/mol. The summed E-state index contributed by atoms with van der Waals surface area (Å²) in [7, 11) is 0. The maximum absolute atomic E-state index is 13.0. The molecular formula is C28H20ClF3N6O3. The van der Waals surface area contributed by atoms with Gasteiger partial charge in [0.1, 0.15) is 17.2 Å². The van der Waals surface area contributed by atoms with Gasteiger partial charge in [0.05, 0.1) is 22.2 Å². The maximum atomic E-state index is 13.0. The molecule has 0 aliphatic carbocycles. The highest BCUT2D eigenvalue weighted by Gasteiger charge is 2.33. The number of benzene rings is 3. The molecule has 0 radical (unpaired) electrons. The van der Waals surface area contributed by atoms with Crippen LogP contribution in [0.25, 0.3) is 0 Å². The summed E-state index contributed by atoms with van der Waals surface area (Å²) in [5, 5.41) is 13.2. The highest BCUT2D eigenvalue weighted by atomic mass is 35.5. The first-order valence-electron chi connectivity index (χ1n) is 11.8. The Morgan fingerprint density at radius 3 is 2.27 bits per heavy atom. The predicted octanol–water partition coefficient (Wildman–Crippen LogP) is 6.50. The molecule has 0 aliphatic rings. The Morgan fingerprint density at radius 2 is 1.59 bits per heavy atom. The summed E-state index contributed by atoms with van der Waals surface area (Å²) in [6.07, 6.45) is -3.25. The Balaban J connectivity index is 1.29. The van der Waals surface area contributed by atoms with Crippen molar-refractivity contribution in [1.82, 2.24) is 15.8 Å². The first-order chi connectivity index (χ1) is 19.6. The van der Waals surface area contributed by atoms with E-state index in [4.69, 9.17) is 21.6 Å². The SMILES string of the molecule is N#Cc1ccc(CNNC(=O)c2cc(Oc3ccc(NC(=O)Nc4ccc(Cl)c(C(F)(F)F)c4)cc3)ccn2)cc1. The van der Waals surface area contributed by atoms with Gasteiger partial charge in [0.15, 0.2) is 0 Å². The molecule has 0 unspecified atom stereocenters. The van der Waals surface area contributed by atoms with Gasteiger partial charge < -0.3 is 15.4 Å². The molecular weight excluding hydrogens is 561 g/mol. The highest BCUT2D eigenvalue weighted by molar-refractivity contribution is 6.31. The summed E-state index contributed by atoms with van der Waals surface area (Å²) in [6, 6.07) is 20.4. The van der Waals surface area contributed by atoms with E-state index in [9.17, 15) is 22.8 Å². The van der Waals surface area contributed by atoms with Crippen LogP contribution in [-0.2, 0) is 12.7 Å². The molecule has 41 heavy (non-hydrogen) atoms.